The summed E-state index contributed by atoms with van der Waals surface area (Å²) < 4.78 is 33.5. The Hall–Kier alpha value is -3.61. The first-order chi connectivity index (χ1) is 22.3. The molecule has 250 valence electrons. The van der Waals surface area contributed by atoms with Crippen molar-refractivity contribution in [2.75, 3.05) is 13.7 Å². The molecule has 3 N–H and O–H groups in total. The van der Waals surface area contributed by atoms with E-state index in [1.807, 2.05) is 6.07 Å². The fourth-order valence-corrected chi connectivity index (χ4v) is 8.04. The first-order valence-electron chi connectivity index (χ1n) is 16.5. The number of carbonyl (C=O) groups is 2. The molecule has 0 radical (unpaired) electrons. The lowest BCUT2D eigenvalue weighted by Crippen LogP contribution is -2.65. The molecule has 3 saturated carbocycles. The average molecular weight is 647 g/mol. The number of halogens is 1. The second-order valence-electron chi connectivity index (χ2n) is 14.6. The maximum atomic E-state index is 15.0. The molecule has 1 saturated heterocycles. The number of rotatable bonds is 11. The van der Waals surface area contributed by atoms with Crippen LogP contribution < -0.4 is 16.2 Å². The molecule has 6 atom stereocenters. The lowest BCUT2D eigenvalue weighted by atomic mass is 9.43. The summed E-state index contributed by atoms with van der Waals surface area (Å²) >= 11 is 0. The zero-order chi connectivity index (χ0) is 33.7. The Balaban J connectivity index is 1.17. The molecule has 2 aromatic carbocycles. The molecule has 10 nitrogen and oxygen atoms in total. The molecule has 2 amide bonds. The molecular formula is C35H44BFN4O6. The maximum Gasteiger partial charge on any atom is 0.481 e. The number of aromatic amines is 1. The van der Waals surface area contributed by atoms with Crippen molar-refractivity contribution in [3.63, 3.8) is 0 Å². The van der Waals surface area contributed by atoms with Crippen LogP contribution in [0.5, 0.6) is 0 Å². The van der Waals surface area contributed by atoms with E-state index < -0.39 is 42.3 Å². The fourth-order valence-electron chi connectivity index (χ4n) is 8.04. The predicted molar refractivity (Wildman–Crippen MR) is 176 cm³/mol. The lowest BCUT2D eigenvalue weighted by molar-refractivity contribution is -0.199. The zero-order valence-corrected chi connectivity index (χ0v) is 27.9. The van der Waals surface area contributed by atoms with Crippen LogP contribution in [0.25, 0.3) is 10.8 Å². The molecule has 3 aliphatic carbocycles. The maximum absolute atomic E-state index is 15.0. The first-order valence-corrected chi connectivity index (χ1v) is 16.5. The molecule has 2 bridgehead atoms. The Morgan fingerprint density at radius 1 is 1.13 bits per heavy atom. The molecule has 0 unspecified atom stereocenters. The first kappa shape index (κ1) is 33.3. The Kier molecular flexibility index (Phi) is 9.06. The van der Waals surface area contributed by atoms with Gasteiger partial charge in [0.05, 0.1) is 40.9 Å². The van der Waals surface area contributed by atoms with Gasteiger partial charge in [0.25, 0.3) is 11.5 Å². The molecule has 1 aliphatic heterocycles. The Bertz CT molecular complexity index is 1730. The van der Waals surface area contributed by atoms with E-state index in [9.17, 15) is 14.4 Å². The van der Waals surface area contributed by atoms with Gasteiger partial charge in [-0.3, -0.25) is 14.4 Å². The number of hydrogen-bond acceptors (Lipinski definition) is 7. The van der Waals surface area contributed by atoms with Crippen LogP contribution in [0.3, 0.4) is 0 Å². The van der Waals surface area contributed by atoms with Crippen LogP contribution in [0.2, 0.25) is 0 Å². The molecule has 2 heterocycles. The number of amides is 2. The van der Waals surface area contributed by atoms with Crippen molar-refractivity contribution in [2.45, 2.75) is 84.0 Å². The summed E-state index contributed by atoms with van der Waals surface area (Å²) in [5.41, 5.74) is 0.424. The quantitative estimate of drug-likeness (QED) is 0.266. The van der Waals surface area contributed by atoms with E-state index in [1.165, 1.54) is 19.2 Å². The third kappa shape index (κ3) is 6.23. The second-order valence-corrected chi connectivity index (χ2v) is 14.6. The van der Waals surface area contributed by atoms with Crippen molar-refractivity contribution in [3.8, 4) is 0 Å². The van der Waals surface area contributed by atoms with Crippen LogP contribution >= 0.6 is 0 Å². The third-order valence-electron chi connectivity index (χ3n) is 10.7. The molecule has 0 spiro atoms. The molecule has 7 rings (SSSR count). The number of H-pyrrole nitrogens is 1. The molecule has 1 aromatic heterocycles. The van der Waals surface area contributed by atoms with Crippen LogP contribution in [0, 0.1) is 29.0 Å². The third-order valence-corrected chi connectivity index (χ3v) is 10.7. The number of nitrogens with zero attached hydrogens (tertiary/aromatic N) is 1. The Morgan fingerprint density at radius 3 is 2.57 bits per heavy atom. The van der Waals surface area contributed by atoms with Gasteiger partial charge < -0.3 is 24.7 Å². The van der Waals surface area contributed by atoms with Gasteiger partial charge in [-0.2, -0.15) is 5.10 Å². The van der Waals surface area contributed by atoms with Crippen molar-refractivity contribution in [2.24, 2.45) is 23.2 Å². The number of methoxy groups -OCH3 is 1. The van der Waals surface area contributed by atoms with Crippen LogP contribution in [0.1, 0.15) is 75.5 Å². The molecule has 3 aromatic rings. The van der Waals surface area contributed by atoms with Gasteiger partial charge in [-0.15, -0.1) is 0 Å². The Labute approximate surface area is 274 Å². The SMILES string of the molecule is COC[C@H](NC(=O)c1cc(Cc2n[nH]c(=O)c3ccccc23)ccc1F)C(=O)N[C@@H](CC(C)C)B1O[C@@H]2C[C@@H]3C[C@@H](C3(C)C)[C@]2(C)O1. The van der Waals surface area contributed by atoms with Crippen LogP contribution in [-0.2, 0) is 25.3 Å². The van der Waals surface area contributed by atoms with Crippen LogP contribution in [0.4, 0.5) is 4.39 Å². The van der Waals surface area contributed by atoms with Crippen LogP contribution in [0.15, 0.2) is 47.3 Å². The second kappa shape index (κ2) is 12.8. The minimum absolute atomic E-state index is 0.0371. The Morgan fingerprint density at radius 2 is 1.87 bits per heavy atom. The van der Waals surface area contributed by atoms with E-state index in [0.717, 1.165) is 12.8 Å². The number of aromatic nitrogens is 2. The highest BCUT2D eigenvalue weighted by Crippen LogP contribution is 2.65. The summed E-state index contributed by atoms with van der Waals surface area (Å²) in [6.45, 7) is 10.8. The highest BCUT2D eigenvalue weighted by molar-refractivity contribution is 6.48. The van der Waals surface area contributed by atoms with E-state index >= 15 is 4.39 Å². The van der Waals surface area contributed by atoms with Gasteiger partial charge in [0.15, 0.2) is 0 Å². The number of benzene rings is 2. The monoisotopic (exact) mass is 646 g/mol. The van der Waals surface area contributed by atoms with Gasteiger partial charge in [0.2, 0.25) is 5.91 Å². The van der Waals surface area contributed by atoms with Crippen molar-refractivity contribution in [3.05, 3.63) is 75.5 Å². The minimum Gasteiger partial charge on any atom is -0.404 e. The summed E-state index contributed by atoms with van der Waals surface area (Å²) in [5.74, 6) is -1.21. The average Bonchev–Trinajstić information content (AvgIpc) is 3.40. The van der Waals surface area contributed by atoms with Gasteiger partial charge >= 0.3 is 7.12 Å². The summed E-state index contributed by atoms with van der Waals surface area (Å²) in [7, 11) is 0.806. The van der Waals surface area contributed by atoms with E-state index in [4.69, 9.17) is 14.0 Å². The predicted octanol–water partition coefficient (Wildman–Crippen LogP) is 4.20. The summed E-state index contributed by atoms with van der Waals surface area (Å²) in [6, 6.07) is 10.2. The van der Waals surface area contributed by atoms with E-state index in [-0.39, 0.29) is 41.6 Å². The lowest BCUT2D eigenvalue weighted by Gasteiger charge is -2.64. The highest BCUT2D eigenvalue weighted by atomic mass is 19.1. The number of ether oxygens (including phenoxy) is 1. The number of nitrogens with one attached hydrogen (secondary N) is 3. The topological polar surface area (TPSA) is 132 Å². The fraction of sp³-hybridized carbons (Fsp3) is 0.543. The van der Waals surface area contributed by atoms with Gasteiger partial charge in [-0.1, -0.05) is 52.0 Å². The molecule has 4 aliphatic rings. The van der Waals surface area contributed by atoms with E-state index in [1.54, 1.807) is 24.3 Å². The van der Waals surface area contributed by atoms with E-state index in [2.05, 4.69) is 55.4 Å². The van der Waals surface area contributed by atoms with Crippen LogP contribution in [-0.4, -0.2) is 66.5 Å². The number of fused-ring (bicyclic) bond motifs is 1. The molecule has 47 heavy (non-hydrogen) atoms. The summed E-state index contributed by atoms with van der Waals surface area (Å²) in [5, 5.41) is 13.6. The smallest absolute Gasteiger partial charge is 0.404 e. The molecular weight excluding hydrogens is 602 g/mol. The number of hydrogen-bond donors (Lipinski definition) is 3. The van der Waals surface area contributed by atoms with E-state index in [0.29, 0.717) is 40.3 Å². The minimum atomic E-state index is -1.10. The van der Waals surface area contributed by atoms with Gasteiger partial charge in [-0.05, 0) is 73.1 Å². The van der Waals surface area contributed by atoms with Gasteiger partial charge in [-0.25, -0.2) is 9.49 Å². The van der Waals surface area contributed by atoms with Gasteiger partial charge in [0.1, 0.15) is 11.9 Å². The normalized spacial score (nSPS) is 25.6. The van der Waals surface area contributed by atoms with Crippen molar-refractivity contribution < 1.29 is 28.0 Å². The largest absolute Gasteiger partial charge is 0.481 e. The summed E-state index contributed by atoms with van der Waals surface area (Å²) in [6.07, 6.45) is 2.87. The van der Waals surface area contributed by atoms with Crippen molar-refractivity contribution in [1.82, 2.24) is 20.8 Å². The molecule has 12 heteroatoms. The number of carbonyl (C=O) groups excluding carboxylic acids is 2. The molecule has 4 fully saturated rings. The van der Waals surface area contributed by atoms with Gasteiger partial charge in [0, 0.05) is 18.9 Å². The van der Waals surface area contributed by atoms with Crippen molar-refractivity contribution >= 4 is 29.7 Å². The zero-order valence-electron chi connectivity index (χ0n) is 27.9. The standard InChI is InChI=1S/C35H44BFN4O6/c1-19(2)13-30(36-46-29-17-21-16-28(34(21,3)4)35(29,5)47-36)39-33(44)27(18-45-6)38-31(42)24-14-20(11-12-25(24)37)15-26-22-9-7-8-10-23(22)32(43)41-40-26/h7-12,14,19,21,27-30H,13,15-18H2,1-6H3,(H,38,42)(H,39,44)(H,41,43)/t21-,27-,28-,29+,30-,35-/m0/s1. The van der Waals surface area contributed by atoms with Crippen molar-refractivity contribution in [1.29, 1.82) is 0 Å². The highest BCUT2D eigenvalue weighted by Gasteiger charge is 2.68. The summed E-state index contributed by atoms with van der Waals surface area (Å²) in [4.78, 5) is 39.4.